The molecule has 0 amide bonds. The van der Waals surface area contributed by atoms with E-state index in [1.54, 1.807) is 22.5 Å². The molecule has 1 aromatic rings. The summed E-state index contributed by atoms with van der Waals surface area (Å²) in [6, 6.07) is 6.53. The molecule has 144 valence electrons. The van der Waals surface area contributed by atoms with E-state index in [9.17, 15) is 8.42 Å². The van der Waals surface area contributed by atoms with Crippen molar-refractivity contribution in [2.24, 2.45) is 5.92 Å². The molecule has 1 aliphatic carbocycles. The third-order valence-corrected chi connectivity index (χ3v) is 6.14. The van der Waals surface area contributed by atoms with Crippen molar-refractivity contribution < 1.29 is 8.42 Å². The first-order chi connectivity index (χ1) is 12.4. The van der Waals surface area contributed by atoms with E-state index in [4.69, 9.17) is 5.73 Å². The molecule has 0 unspecified atom stereocenters. The summed E-state index contributed by atoms with van der Waals surface area (Å²) < 4.78 is 27.5. The quantitative estimate of drug-likeness (QED) is 0.485. The molecular formula is C20H31N3O2S. The molecule has 3 N–H and O–H groups in total. The molecule has 26 heavy (non-hydrogen) atoms. The van der Waals surface area contributed by atoms with E-state index in [1.165, 1.54) is 11.6 Å². The predicted molar refractivity (Wildman–Crippen MR) is 108 cm³/mol. The van der Waals surface area contributed by atoms with Gasteiger partial charge in [-0.15, -0.1) is 0 Å². The van der Waals surface area contributed by atoms with Crippen LogP contribution in [0.2, 0.25) is 0 Å². The molecule has 0 atom stereocenters. The van der Waals surface area contributed by atoms with Gasteiger partial charge in [0, 0.05) is 25.3 Å². The SMILES string of the molecule is CC(C)CN(CCCNCC1=CC=CCC1)S(=O)(=O)c1cccc(N)c1. The number of rotatable bonds is 10. The Morgan fingerprint density at radius 3 is 2.77 bits per heavy atom. The number of anilines is 1. The summed E-state index contributed by atoms with van der Waals surface area (Å²) >= 11 is 0. The lowest BCUT2D eigenvalue weighted by Gasteiger charge is -2.24. The van der Waals surface area contributed by atoms with Crippen LogP contribution in [0.25, 0.3) is 0 Å². The van der Waals surface area contributed by atoms with Crippen LogP contribution < -0.4 is 11.1 Å². The van der Waals surface area contributed by atoms with Crippen LogP contribution >= 0.6 is 0 Å². The van der Waals surface area contributed by atoms with Crippen LogP contribution in [-0.4, -0.2) is 38.9 Å². The van der Waals surface area contributed by atoms with Crippen LogP contribution in [0.15, 0.2) is 53.0 Å². The molecule has 2 rings (SSSR count). The summed E-state index contributed by atoms with van der Waals surface area (Å²) in [4.78, 5) is 0.269. The number of sulfonamides is 1. The monoisotopic (exact) mass is 377 g/mol. The van der Waals surface area contributed by atoms with Crippen LogP contribution in [0.3, 0.4) is 0 Å². The van der Waals surface area contributed by atoms with Crippen LogP contribution in [0.5, 0.6) is 0 Å². The Labute approximate surface area is 158 Å². The summed E-state index contributed by atoms with van der Waals surface area (Å²) in [6.07, 6.45) is 9.42. The minimum atomic E-state index is -3.52. The van der Waals surface area contributed by atoms with E-state index in [1.807, 2.05) is 13.8 Å². The number of benzene rings is 1. The Morgan fingerprint density at radius 2 is 2.12 bits per heavy atom. The Balaban J connectivity index is 1.92. The van der Waals surface area contributed by atoms with E-state index in [2.05, 4.69) is 23.5 Å². The van der Waals surface area contributed by atoms with Crippen LogP contribution in [0, 0.1) is 5.92 Å². The third-order valence-electron chi connectivity index (χ3n) is 4.28. The molecule has 0 saturated carbocycles. The Morgan fingerprint density at radius 1 is 1.31 bits per heavy atom. The molecule has 1 aliphatic rings. The van der Waals surface area contributed by atoms with Gasteiger partial charge in [0.15, 0.2) is 0 Å². The summed E-state index contributed by atoms with van der Waals surface area (Å²) in [5, 5.41) is 3.42. The van der Waals surface area contributed by atoms with Gasteiger partial charge < -0.3 is 11.1 Å². The van der Waals surface area contributed by atoms with Crippen LogP contribution in [0.4, 0.5) is 5.69 Å². The van der Waals surface area contributed by atoms with Gasteiger partial charge in [-0.3, -0.25) is 0 Å². The minimum Gasteiger partial charge on any atom is -0.399 e. The topological polar surface area (TPSA) is 75.4 Å². The maximum Gasteiger partial charge on any atom is 0.243 e. The Hall–Kier alpha value is -1.63. The van der Waals surface area contributed by atoms with Crippen molar-refractivity contribution in [2.45, 2.75) is 38.0 Å². The molecule has 1 aromatic carbocycles. The highest BCUT2D eigenvalue weighted by molar-refractivity contribution is 7.89. The van der Waals surface area contributed by atoms with Crippen molar-refractivity contribution in [3.8, 4) is 0 Å². The van der Waals surface area contributed by atoms with Gasteiger partial charge in [-0.2, -0.15) is 4.31 Å². The van der Waals surface area contributed by atoms with Crippen LogP contribution in [-0.2, 0) is 10.0 Å². The average Bonchev–Trinajstić information content (AvgIpc) is 2.61. The summed E-state index contributed by atoms with van der Waals surface area (Å²) in [7, 11) is -3.52. The van der Waals surface area contributed by atoms with Crippen molar-refractivity contribution in [3.63, 3.8) is 0 Å². The summed E-state index contributed by atoms with van der Waals surface area (Å²) in [5.74, 6) is 0.262. The zero-order valence-corrected chi connectivity index (χ0v) is 16.6. The third kappa shape index (κ3) is 6.27. The largest absolute Gasteiger partial charge is 0.399 e. The molecule has 0 aliphatic heterocycles. The lowest BCUT2D eigenvalue weighted by atomic mass is 10.1. The maximum atomic E-state index is 13.0. The molecule has 0 fully saturated rings. The average molecular weight is 378 g/mol. The van der Waals surface area contributed by atoms with E-state index in [-0.39, 0.29) is 10.8 Å². The molecule has 0 saturated heterocycles. The second-order valence-electron chi connectivity index (χ2n) is 7.15. The highest BCUT2D eigenvalue weighted by Crippen LogP contribution is 2.19. The van der Waals surface area contributed by atoms with Crippen molar-refractivity contribution in [3.05, 3.63) is 48.1 Å². The number of hydrogen-bond donors (Lipinski definition) is 2. The fourth-order valence-electron chi connectivity index (χ4n) is 2.97. The lowest BCUT2D eigenvalue weighted by molar-refractivity contribution is 0.360. The standard InChI is InChI=1S/C20H31N3O2S/c1-17(2)16-23(26(24,25)20-11-6-10-19(21)14-20)13-7-12-22-15-18-8-4-3-5-9-18/h3-4,6,8,10-11,14,17,22H,5,7,9,12-13,15-16,21H2,1-2H3. The van der Waals surface area contributed by atoms with Gasteiger partial charge in [-0.25, -0.2) is 8.42 Å². The van der Waals surface area contributed by atoms with Gasteiger partial charge in [0.1, 0.15) is 0 Å². The first-order valence-corrected chi connectivity index (χ1v) is 10.7. The molecule has 0 spiro atoms. The molecule has 0 aromatic heterocycles. The zero-order chi connectivity index (χ0) is 19.0. The van der Waals surface area contributed by atoms with E-state index < -0.39 is 10.0 Å². The Bertz CT molecular complexity index is 739. The maximum absolute atomic E-state index is 13.0. The van der Waals surface area contributed by atoms with E-state index >= 15 is 0 Å². The zero-order valence-electron chi connectivity index (χ0n) is 15.8. The summed E-state index contributed by atoms with van der Waals surface area (Å²) in [5.41, 5.74) is 7.63. The number of hydrogen-bond acceptors (Lipinski definition) is 4. The number of nitrogens with zero attached hydrogens (tertiary/aromatic N) is 1. The fourth-order valence-corrected chi connectivity index (χ4v) is 4.67. The van der Waals surface area contributed by atoms with Gasteiger partial charge in [0.2, 0.25) is 10.0 Å². The van der Waals surface area contributed by atoms with Crippen molar-refractivity contribution in [1.82, 2.24) is 9.62 Å². The molecular weight excluding hydrogens is 346 g/mol. The van der Waals surface area contributed by atoms with Gasteiger partial charge in [0.25, 0.3) is 0 Å². The lowest BCUT2D eigenvalue weighted by Crippen LogP contribution is -2.36. The van der Waals surface area contributed by atoms with Crippen molar-refractivity contribution in [2.75, 3.05) is 31.9 Å². The van der Waals surface area contributed by atoms with Gasteiger partial charge in [-0.1, -0.05) is 43.7 Å². The molecule has 6 heteroatoms. The Kier molecular flexibility index (Phi) is 7.87. The molecule has 0 heterocycles. The number of nitrogens with two attached hydrogens (primary N) is 1. The van der Waals surface area contributed by atoms with Crippen molar-refractivity contribution in [1.29, 1.82) is 0 Å². The normalized spacial score (nSPS) is 14.8. The number of nitrogen functional groups attached to an aromatic ring is 1. The number of allylic oxidation sites excluding steroid dienone is 3. The van der Waals surface area contributed by atoms with Crippen molar-refractivity contribution >= 4 is 15.7 Å². The van der Waals surface area contributed by atoms with Gasteiger partial charge in [0.05, 0.1) is 4.90 Å². The first kappa shape index (κ1) is 20.7. The predicted octanol–water partition coefficient (Wildman–Crippen LogP) is 3.17. The molecule has 0 radical (unpaired) electrons. The van der Waals surface area contributed by atoms with Gasteiger partial charge >= 0.3 is 0 Å². The second-order valence-corrected chi connectivity index (χ2v) is 9.09. The minimum absolute atomic E-state index is 0.262. The molecule has 5 nitrogen and oxygen atoms in total. The van der Waals surface area contributed by atoms with Crippen LogP contribution in [0.1, 0.15) is 33.1 Å². The highest BCUT2D eigenvalue weighted by atomic mass is 32.2. The fraction of sp³-hybridized carbons (Fsp3) is 0.500. The second kappa shape index (κ2) is 9.90. The van der Waals surface area contributed by atoms with Gasteiger partial charge in [-0.05, 0) is 49.9 Å². The summed E-state index contributed by atoms with van der Waals surface area (Å²) in [6.45, 7) is 6.74. The number of nitrogens with one attached hydrogen (secondary N) is 1. The highest BCUT2D eigenvalue weighted by Gasteiger charge is 2.24. The van der Waals surface area contributed by atoms with E-state index in [0.717, 1.165) is 32.4 Å². The first-order valence-electron chi connectivity index (χ1n) is 9.30. The smallest absolute Gasteiger partial charge is 0.243 e. The van der Waals surface area contributed by atoms with E-state index in [0.29, 0.717) is 18.8 Å². The molecule has 0 bridgehead atoms.